The maximum atomic E-state index is 12.2. The summed E-state index contributed by atoms with van der Waals surface area (Å²) in [6.45, 7) is 10.7. The van der Waals surface area contributed by atoms with Crippen molar-refractivity contribution in [1.29, 1.82) is 0 Å². The van der Waals surface area contributed by atoms with Gasteiger partial charge in [0, 0.05) is 49.6 Å². The Labute approximate surface area is 221 Å². The highest BCUT2D eigenvalue weighted by atomic mass is 16.5. The number of ether oxygens (including phenoxy) is 1. The van der Waals surface area contributed by atoms with Crippen LogP contribution in [0.15, 0.2) is 55.0 Å². The van der Waals surface area contributed by atoms with Crippen LogP contribution in [0, 0.1) is 12.5 Å². The lowest BCUT2D eigenvalue weighted by atomic mass is 10.00. The van der Waals surface area contributed by atoms with Crippen molar-refractivity contribution in [2.45, 2.75) is 25.7 Å². The highest BCUT2D eigenvalue weighted by Gasteiger charge is 2.25. The average Bonchev–Trinajstić information content (AvgIpc) is 3.61. The van der Waals surface area contributed by atoms with Crippen molar-refractivity contribution < 1.29 is 9.53 Å². The number of benzene rings is 1. The molecule has 2 aliphatic heterocycles. The first kappa shape index (κ1) is 24.1. The van der Waals surface area contributed by atoms with Gasteiger partial charge in [-0.3, -0.25) is 14.1 Å². The molecule has 6 rings (SSSR count). The number of piperidine rings is 1. The summed E-state index contributed by atoms with van der Waals surface area (Å²) in [6.07, 6.45) is 9.15. The summed E-state index contributed by atoms with van der Waals surface area (Å²) in [5, 5.41) is 0. The predicted octanol–water partition coefficient (Wildman–Crippen LogP) is 4.86. The number of hydrogen-bond acceptors (Lipinski definition) is 6. The molecule has 1 atom stereocenters. The van der Waals surface area contributed by atoms with Crippen LogP contribution in [0.1, 0.15) is 25.7 Å². The van der Waals surface area contributed by atoms with Crippen molar-refractivity contribution >= 4 is 23.1 Å². The lowest BCUT2D eigenvalue weighted by Crippen LogP contribution is -2.34. The van der Waals surface area contributed by atoms with E-state index in [-0.39, 0.29) is 5.91 Å². The van der Waals surface area contributed by atoms with Gasteiger partial charge in [-0.15, -0.1) is 0 Å². The minimum atomic E-state index is 0.107. The number of likely N-dealkylation sites (tertiary alicyclic amines) is 1. The predicted molar refractivity (Wildman–Crippen MR) is 145 cm³/mol. The summed E-state index contributed by atoms with van der Waals surface area (Å²) in [5.74, 6) is 1.70. The molecule has 0 saturated carbocycles. The number of aromatic nitrogens is 4. The van der Waals surface area contributed by atoms with Gasteiger partial charge in [0.1, 0.15) is 5.82 Å². The standard InChI is InChI=1S/C29H29N7O2/c1-30-23-10-7-21(8-11-23)26-27(22-9-12-24(32-17-22)35-15-4-6-25(35)37)36-16-13-31-28(36)29(33-26)38-19-20-5-3-14-34(2)18-20/h7-13,16-17,20H,3-6,14-15,18-19H2,2H3/t20-/m1/s1. The number of anilines is 1. The normalized spacial score (nSPS) is 18.2. The van der Waals surface area contributed by atoms with E-state index in [9.17, 15) is 4.79 Å². The van der Waals surface area contributed by atoms with Gasteiger partial charge in [-0.25, -0.2) is 19.8 Å². The Morgan fingerprint density at radius 1 is 1.08 bits per heavy atom. The molecule has 0 radical (unpaired) electrons. The van der Waals surface area contributed by atoms with E-state index >= 15 is 0 Å². The number of imidazole rings is 1. The summed E-state index contributed by atoms with van der Waals surface area (Å²) >= 11 is 0. The van der Waals surface area contributed by atoms with Gasteiger partial charge in [0.05, 0.1) is 24.6 Å². The van der Waals surface area contributed by atoms with Crippen LogP contribution in [0.25, 0.3) is 33.0 Å². The molecule has 9 heteroatoms. The van der Waals surface area contributed by atoms with Crippen LogP contribution in [0.3, 0.4) is 0 Å². The van der Waals surface area contributed by atoms with Gasteiger partial charge in [0.2, 0.25) is 11.6 Å². The van der Waals surface area contributed by atoms with E-state index in [2.05, 4.69) is 26.8 Å². The number of carbonyl (C=O) groups excluding carboxylic acids is 1. The van der Waals surface area contributed by atoms with Crippen molar-refractivity contribution in [2.24, 2.45) is 5.92 Å². The molecule has 2 fully saturated rings. The molecule has 3 aromatic heterocycles. The monoisotopic (exact) mass is 507 g/mol. The van der Waals surface area contributed by atoms with Crippen LogP contribution < -0.4 is 9.64 Å². The topological polar surface area (TPSA) is 80.2 Å². The van der Waals surface area contributed by atoms with Gasteiger partial charge in [0.25, 0.3) is 5.88 Å². The third-order valence-corrected chi connectivity index (χ3v) is 7.33. The quantitative estimate of drug-likeness (QED) is 0.347. The van der Waals surface area contributed by atoms with Crippen molar-refractivity contribution in [3.8, 4) is 28.4 Å². The number of nitrogens with zero attached hydrogens (tertiary/aromatic N) is 7. The summed E-state index contributed by atoms with van der Waals surface area (Å²) in [7, 11) is 2.15. The van der Waals surface area contributed by atoms with E-state index in [0.29, 0.717) is 48.5 Å². The first-order valence-electron chi connectivity index (χ1n) is 13.0. The zero-order chi connectivity index (χ0) is 26.1. The van der Waals surface area contributed by atoms with Gasteiger partial charge in [-0.1, -0.05) is 24.3 Å². The first-order chi connectivity index (χ1) is 18.6. The van der Waals surface area contributed by atoms with Crippen molar-refractivity contribution in [3.05, 3.63) is 66.4 Å². The smallest absolute Gasteiger partial charge is 0.259 e. The number of pyridine rings is 1. The SMILES string of the molecule is [C-]#[N+]c1ccc(-c2nc(OC[C@@H]3CCCN(C)C3)c3nccn3c2-c2ccc(N3CCCC3=O)nc2)cc1. The van der Waals surface area contributed by atoms with Crippen LogP contribution in [-0.2, 0) is 4.79 Å². The van der Waals surface area contributed by atoms with Crippen LogP contribution in [0.5, 0.6) is 5.88 Å². The zero-order valence-corrected chi connectivity index (χ0v) is 21.4. The highest BCUT2D eigenvalue weighted by molar-refractivity contribution is 5.94. The second-order valence-corrected chi connectivity index (χ2v) is 10.0. The fourth-order valence-corrected chi connectivity index (χ4v) is 5.41. The summed E-state index contributed by atoms with van der Waals surface area (Å²) in [6, 6.07) is 11.3. The molecule has 192 valence electrons. The maximum absolute atomic E-state index is 12.2. The van der Waals surface area contributed by atoms with Gasteiger partial charge in [-0.05, 0) is 50.6 Å². The second kappa shape index (κ2) is 10.2. The minimum Gasteiger partial charge on any atom is -0.475 e. The fourth-order valence-electron chi connectivity index (χ4n) is 5.41. The van der Waals surface area contributed by atoms with E-state index in [0.717, 1.165) is 48.4 Å². The molecular weight excluding hydrogens is 478 g/mol. The summed E-state index contributed by atoms with van der Waals surface area (Å²) in [4.78, 5) is 34.1. The summed E-state index contributed by atoms with van der Waals surface area (Å²) in [5.41, 5.74) is 4.46. The number of carbonyl (C=O) groups is 1. The Morgan fingerprint density at radius 3 is 2.63 bits per heavy atom. The average molecular weight is 508 g/mol. The largest absolute Gasteiger partial charge is 0.475 e. The Bertz CT molecular complexity index is 1510. The molecule has 5 heterocycles. The number of rotatable bonds is 6. The Kier molecular flexibility index (Phi) is 6.48. The lowest BCUT2D eigenvalue weighted by molar-refractivity contribution is -0.117. The van der Waals surface area contributed by atoms with Crippen molar-refractivity contribution in [2.75, 3.05) is 38.2 Å². The van der Waals surface area contributed by atoms with Crippen LogP contribution in [0.2, 0.25) is 0 Å². The number of hydrogen-bond donors (Lipinski definition) is 0. The van der Waals surface area contributed by atoms with Gasteiger partial charge in [-0.2, -0.15) is 0 Å². The molecule has 38 heavy (non-hydrogen) atoms. The molecule has 4 aromatic rings. The van der Waals surface area contributed by atoms with E-state index in [4.69, 9.17) is 16.3 Å². The fraction of sp³-hybridized carbons (Fsp3) is 0.345. The van der Waals surface area contributed by atoms with E-state index < -0.39 is 0 Å². The zero-order valence-electron chi connectivity index (χ0n) is 21.4. The Hall–Kier alpha value is -4.29. The molecule has 0 unspecified atom stereocenters. The molecular formula is C29H29N7O2. The molecule has 0 bridgehead atoms. The molecule has 0 aliphatic carbocycles. The minimum absolute atomic E-state index is 0.107. The molecule has 1 aromatic carbocycles. The van der Waals surface area contributed by atoms with Crippen molar-refractivity contribution in [1.82, 2.24) is 24.3 Å². The molecule has 0 N–H and O–H groups in total. The number of fused-ring (bicyclic) bond motifs is 1. The molecule has 1 amide bonds. The van der Waals surface area contributed by atoms with Gasteiger partial charge < -0.3 is 9.64 Å². The first-order valence-corrected chi connectivity index (χ1v) is 13.0. The van der Waals surface area contributed by atoms with Gasteiger partial charge >= 0.3 is 0 Å². The van der Waals surface area contributed by atoms with Crippen LogP contribution in [0.4, 0.5) is 11.5 Å². The third kappa shape index (κ3) is 4.59. The van der Waals surface area contributed by atoms with E-state index in [1.165, 1.54) is 6.42 Å². The second-order valence-electron chi connectivity index (χ2n) is 10.0. The molecule has 2 saturated heterocycles. The molecule has 0 spiro atoms. The lowest BCUT2D eigenvalue weighted by Gasteiger charge is -2.29. The summed E-state index contributed by atoms with van der Waals surface area (Å²) < 4.78 is 8.32. The third-order valence-electron chi connectivity index (χ3n) is 7.33. The van der Waals surface area contributed by atoms with Crippen LogP contribution >= 0.6 is 0 Å². The molecule has 9 nitrogen and oxygen atoms in total. The Morgan fingerprint density at radius 2 is 1.92 bits per heavy atom. The highest BCUT2D eigenvalue weighted by Crippen LogP contribution is 2.36. The van der Waals surface area contributed by atoms with Crippen LogP contribution in [-0.4, -0.2) is 63.4 Å². The van der Waals surface area contributed by atoms with Crippen molar-refractivity contribution in [3.63, 3.8) is 0 Å². The van der Waals surface area contributed by atoms with E-state index in [1.54, 1.807) is 29.4 Å². The van der Waals surface area contributed by atoms with Gasteiger partial charge in [0.15, 0.2) is 5.69 Å². The van der Waals surface area contributed by atoms with E-state index in [1.807, 2.05) is 34.9 Å². The number of amides is 1. The Balaban J connectivity index is 1.42. The maximum Gasteiger partial charge on any atom is 0.259 e. The molecule has 2 aliphatic rings.